The normalized spacial score (nSPS) is 18.3. The van der Waals surface area contributed by atoms with Gasteiger partial charge in [-0.25, -0.2) is 0 Å². The van der Waals surface area contributed by atoms with Crippen LogP contribution in [0.5, 0.6) is 0 Å². The van der Waals surface area contributed by atoms with E-state index in [1.807, 2.05) is 89.2 Å². The van der Waals surface area contributed by atoms with Crippen LogP contribution in [0.3, 0.4) is 0 Å². The molecule has 2 amide bonds. The van der Waals surface area contributed by atoms with Crippen molar-refractivity contribution in [3.63, 3.8) is 0 Å². The molecule has 7 heteroatoms. The Labute approximate surface area is 251 Å². The molecule has 42 heavy (non-hydrogen) atoms. The zero-order valence-corrected chi connectivity index (χ0v) is 26.1. The van der Waals surface area contributed by atoms with Gasteiger partial charge in [-0.1, -0.05) is 87.9 Å². The molecular formula is C35H48N2O5. The molecule has 2 N–H and O–H groups in total. The maximum absolute atomic E-state index is 13.7. The molecule has 0 aromatic heterocycles. The Bertz CT molecular complexity index is 1200. The van der Waals surface area contributed by atoms with Gasteiger partial charge in [0.05, 0.1) is 18.7 Å². The molecule has 3 rings (SSSR count). The van der Waals surface area contributed by atoms with Gasteiger partial charge in [0.15, 0.2) is 11.6 Å². The van der Waals surface area contributed by atoms with E-state index in [1.165, 1.54) is 0 Å². The number of epoxide rings is 1. The lowest BCUT2D eigenvalue weighted by Crippen LogP contribution is -2.50. The lowest BCUT2D eigenvalue weighted by molar-refractivity contribution is -0.135. The molecule has 0 unspecified atom stereocenters. The Hall–Kier alpha value is -3.32. The highest BCUT2D eigenvalue weighted by atomic mass is 16.6. The van der Waals surface area contributed by atoms with Crippen molar-refractivity contribution in [1.82, 2.24) is 10.6 Å². The predicted molar refractivity (Wildman–Crippen MR) is 165 cm³/mol. The Morgan fingerprint density at radius 2 is 1.43 bits per heavy atom. The smallest absolute Gasteiger partial charge is 0.224 e. The number of carbonyl (C=O) groups excluding carboxylic acids is 4. The van der Waals surface area contributed by atoms with Crippen LogP contribution in [0.2, 0.25) is 0 Å². The van der Waals surface area contributed by atoms with E-state index in [-0.39, 0.29) is 48.1 Å². The molecule has 0 radical (unpaired) electrons. The second-order valence-corrected chi connectivity index (χ2v) is 12.9. The molecule has 2 aromatic rings. The summed E-state index contributed by atoms with van der Waals surface area (Å²) in [5, 5.41) is 5.94. The van der Waals surface area contributed by atoms with Gasteiger partial charge >= 0.3 is 0 Å². The summed E-state index contributed by atoms with van der Waals surface area (Å²) in [7, 11) is 0. The van der Waals surface area contributed by atoms with E-state index in [2.05, 4.69) is 10.6 Å². The van der Waals surface area contributed by atoms with Gasteiger partial charge in [-0.2, -0.15) is 0 Å². The van der Waals surface area contributed by atoms with Crippen LogP contribution in [0.4, 0.5) is 0 Å². The summed E-state index contributed by atoms with van der Waals surface area (Å²) in [6.45, 7) is 12.1. The molecule has 0 saturated carbocycles. The number of amides is 2. The Kier molecular flexibility index (Phi) is 12.0. The number of ether oxygens (including phenoxy) is 1. The van der Waals surface area contributed by atoms with Crippen molar-refractivity contribution >= 4 is 23.4 Å². The highest BCUT2D eigenvalue weighted by molar-refractivity contribution is 5.98. The van der Waals surface area contributed by atoms with Crippen molar-refractivity contribution in [2.24, 2.45) is 17.8 Å². The molecule has 1 heterocycles. The molecule has 2 aromatic carbocycles. The number of benzene rings is 2. The number of hydrogen-bond donors (Lipinski definition) is 2. The monoisotopic (exact) mass is 576 g/mol. The van der Waals surface area contributed by atoms with Crippen molar-refractivity contribution in [2.75, 3.05) is 6.61 Å². The molecule has 0 bridgehead atoms. The van der Waals surface area contributed by atoms with E-state index in [4.69, 9.17) is 4.74 Å². The van der Waals surface area contributed by atoms with E-state index >= 15 is 0 Å². The number of rotatable bonds is 17. The maximum Gasteiger partial charge on any atom is 0.224 e. The predicted octanol–water partition coefficient (Wildman–Crippen LogP) is 5.17. The van der Waals surface area contributed by atoms with Crippen molar-refractivity contribution < 1.29 is 23.9 Å². The first-order valence-corrected chi connectivity index (χ1v) is 15.3. The fourth-order valence-electron chi connectivity index (χ4n) is 5.17. The molecule has 0 spiro atoms. The Balaban J connectivity index is 1.73. The molecular weight excluding hydrogens is 528 g/mol. The van der Waals surface area contributed by atoms with Crippen molar-refractivity contribution in [3.8, 4) is 0 Å². The Morgan fingerprint density at radius 1 is 0.833 bits per heavy atom. The largest absolute Gasteiger partial charge is 0.361 e. The van der Waals surface area contributed by atoms with Crippen LogP contribution < -0.4 is 10.6 Å². The molecule has 1 saturated heterocycles. The van der Waals surface area contributed by atoms with Gasteiger partial charge in [0.25, 0.3) is 0 Å². The minimum absolute atomic E-state index is 0.0350. The number of nitrogens with one attached hydrogen (secondary N) is 2. The van der Waals surface area contributed by atoms with E-state index < -0.39 is 23.6 Å². The Morgan fingerprint density at radius 3 is 2.00 bits per heavy atom. The van der Waals surface area contributed by atoms with Crippen LogP contribution >= 0.6 is 0 Å². The van der Waals surface area contributed by atoms with Crippen LogP contribution in [0.15, 0.2) is 54.6 Å². The van der Waals surface area contributed by atoms with Gasteiger partial charge in [-0.05, 0) is 62.5 Å². The van der Waals surface area contributed by atoms with Crippen molar-refractivity contribution in [1.29, 1.82) is 0 Å². The molecule has 7 nitrogen and oxygen atoms in total. The average Bonchev–Trinajstić information content (AvgIpc) is 3.69. The van der Waals surface area contributed by atoms with E-state index in [0.717, 1.165) is 16.7 Å². The second kappa shape index (κ2) is 15.2. The summed E-state index contributed by atoms with van der Waals surface area (Å²) in [5.41, 5.74) is 2.30. The van der Waals surface area contributed by atoms with Gasteiger partial charge < -0.3 is 15.4 Å². The van der Waals surface area contributed by atoms with E-state index in [1.54, 1.807) is 6.92 Å². The summed E-state index contributed by atoms with van der Waals surface area (Å²) < 4.78 is 5.39. The number of carbonyl (C=O) groups is 4. The summed E-state index contributed by atoms with van der Waals surface area (Å²) in [6.07, 6.45) is 2.15. The fraction of sp³-hybridized carbons (Fsp3) is 0.543. The third-order valence-electron chi connectivity index (χ3n) is 7.77. The minimum Gasteiger partial charge on any atom is -0.361 e. The van der Waals surface area contributed by atoms with Crippen LogP contribution in [-0.2, 0) is 36.8 Å². The van der Waals surface area contributed by atoms with Crippen LogP contribution in [0.1, 0.15) is 77.0 Å². The summed E-state index contributed by atoms with van der Waals surface area (Å²) >= 11 is 0. The summed E-state index contributed by atoms with van der Waals surface area (Å²) in [5.74, 6) is -1.15. The topological polar surface area (TPSA) is 105 Å². The van der Waals surface area contributed by atoms with Gasteiger partial charge in [0.2, 0.25) is 11.8 Å². The van der Waals surface area contributed by atoms with Crippen molar-refractivity contribution in [2.45, 2.75) is 97.8 Å². The average molecular weight is 577 g/mol. The van der Waals surface area contributed by atoms with E-state index in [9.17, 15) is 19.2 Å². The molecule has 228 valence electrons. The lowest BCUT2D eigenvalue weighted by Gasteiger charge is -2.26. The first kappa shape index (κ1) is 33.2. The van der Waals surface area contributed by atoms with Gasteiger partial charge in [0, 0.05) is 18.8 Å². The summed E-state index contributed by atoms with van der Waals surface area (Å²) in [4.78, 5) is 53.5. The number of hydrogen-bond acceptors (Lipinski definition) is 5. The molecule has 1 aliphatic rings. The number of Topliss-reactive ketones (excluding diaryl/α,β-unsaturated/α-hetero) is 2. The quantitative estimate of drug-likeness (QED) is 0.253. The maximum atomic E-state index is 13.7. The summed E-state index contributed by atoms with van der Waals surface area (Å²) in [6, 6.07) is 16.3. The third kappa shape index (κ3) is 10.5. The van der Waals surface area contributed by atoms with Crippen molar-refractivity contribution in [3.05, 3.63) is 71.3 Å². The SMILES string of the molecule is Cc1ccc(CCC(=O)N[C@@H](CC(C)C)C(=O)C[C@@H](Cc2ccccc2)C(=O)N[C@@H](CC(C)C)C(=O)[C@@]2(C)CO2)cc1. The van der Waals surface area contributed by atoms with Gasteiger partial charge in [0.1, 0.15) is 5.60 Å². The van der Waals surface area contributed by atoms with Crippen LogP contribution in [0, 0.1) is 24.7 Å². The lowest BCUT2D eigenvalue weighted by atomic mass is 9.87. The fourth-order valence-corrected chi connectivity index (χ4v) is 5.17. The minimum atomic E-state index is -0.858. The third-order valence-corrected chi connectivity index (χ3v) is 7.77. The second-order valence-electron chi connectivity index (χ2n) is 12.9. The zero-order valence-electron chi connectivity index (χ0n) is 26.1. The zero-order chi connectivity index (χ0) is 30.9. The highest BCUT2D eigenvalue weighted by Crippen LogP contribution is 2.30. The first-order valence-electron chi connectivity index (χ1n) is 15.3. The number of ketones is 2. The number of aryl methyl sites for hydroxylation is 2. The first-order chi connectivity index (χ1) is 19.9. The van der Waals surface area contributed by atoms with E-state index in [0.29, 0.717) is 32.3 Å². The standard InChI is InChI=1S/C35H48N2O5/c1-23(2)18-29(36-32(39)17-16-26-14-12-25(5)13-15-26)31(38)21-28(20-27-10-8-7-9-11-27)34(41)37-30(19-24(3)4)33(40)35(6)22-42-35/h7-15,23-24,28-30H,16-22H2,1-6H3,(H,36,39)(H,37,41)/t28-,29+,30+,35-/m1/s1. The van der Waals surface area contributed by atoms with Crippen LogP contribution in [-0.4, -0.2) is 47.7 Å². The molecule has 1 aliphatic heterocycles. The van der Waals surface area contributed by atoms with Gasteiger partial charge in [-0.15, -0.1) is 0 Å². The molecule has 4 atom stereocenters. The highest BCUT2D eigenvalue weighted by Gasteiger charge is 2.50. The molecule has 0 aliphatic carbocycles. The van der Waals surface area contributed by atoms with Crippen LogP contribution in [0.25, 0.3) is 0 Å². The molecule has 1 fully saturated rings. The van der Waals surface area contributed by atoms with Gasteiger partial charge in [-0.3, -0.25) is 19.2 Å².